The number of hydrogen-bond acceptors (Lipinski definition) is 3. The van der Waals surface area contributed by atoms with Gasteiger partial charge in [0.15, 0.2) is 0 Å². The molecule has 1 heterocycles. The monoisotopic (exact) mass is 283 g/mol. The van der Waals surface area contributed by atoms with Crippen molar-refractivity contribution in [3.05, 3.63) is 28.8 Å². The molecule has 0 aliphatic carbocycles. The lowest BCUT2D eigenvalue weighted by Gasteiger charge is -2.24. The molecule has 1 aliphatic rings. The topological polar surface area (TPSA) is 30.5 Å². The van der Waals surface area contributed by atoms with Gasteiger partial charge in [-0.3, -0.25) is 0 Å². The Morgan fingerprint density at radius 3 is 2.84 bits per heavy atom. The molecule has 3 unspecified atom stereocenters. The Morgan fingerprint density at radius 1 is 1.53 bits per heavy atom. The maximum absolute atomic E-state index is 6.23. The van der Waals surface area contributed by atoms with Crippen molar-refractivity contribution in [3.63, 3.8) is 0 Å². The summed E-state index contributed by atoms with van der Waals surface area (Å²) in [5.74, 6) is 1.22. The zero-order valence-corrected chi connectivity index (χ0v) is 12.5. The van der Waals surface area contributed by atoms with Gasteiger partial charge in [-0.25, -0.2) is 0 Å². The highest BCUT2D eigenvalue weighted by atomic mass is 35.5. The molecular weight excluding hydrogens is 262 g/mol. The molecule has 0 radical (unpaired) electrons. The van der Waals surface area contributed by atoms with Crippen molar-refractivity contribution < 1.29 is 9.47 Å². The summed E-state index contributed by atoms with van der Waals surface area (Å²) < 4.78 is 10.9. The third kappa shape index (κ3) is 3.41. The molecule has 1 fully saturated rings. The molecule has 0 saturated carbocycles. The van der Waals surface area contributed by atoms with Crippen LogP contribution in [0.15, 0.2) is 18.2 Å². The molecule has 1 aliphatic heterocycles. The molecule has 19 heavy (non-hydrogen) atoms. The zero-order valence-electron chi connectivity index (χ0n) is 11.8. The summed E-state index contributed by atoms with van der Waals surface area (Å²) in [6.45, 7) is 5.99. The largest absolute Gasteiger partial charge is 0.495 e. The minimum Gasteiger partial charge on any atom is -0.495 e. The molecule has 4 heteroatoms. The summed E-state index contributed by atoms with van der Waals surface area (Å²) in [6, 6.07) is 6.30. The quantitative estimate of drug-likeness (QED) is 0.898. The average molecular weight is 284 g/mol. The third-order valence-electron chi connectivity index (χ3n) is 3.66. The third-order valence-corrected chi connectivity index (χ3v) is 3.96. The smallest absolute Gasteiger partial charge is 0.137 e. The van der Waals surface area contributed by atoms with E-state index in [1.54, 1.807) is 7.11 Å². The van der Waals surface area contributed by atoms with Crippen molar-refractivity contribution in [1.29, 1.82) is 0 Å². The first-order valence-electron chi connectivity index (χ1n) is 6.84. The van der Waals surface area contributed by atoms with Crippen LogP contribution in [0.3, 0.4) is 0 Å². The summed E-state index contributed by atoms with van der Waals surface area (Å²) in [6.07, 6.45) is 1.43. The average Bonchev–Trinajstić information content (AvgIpc) is 2.82. The fraction of sp³-hybridized carbons (Fsp3) is 0.600. The highest BCUT2D eigenvalue weighted by Gasteiger charge is 2.30. The summed E-state index contributed by atoms with van der Waals surface area (Å²) in [7, 11) is 1.63. The van der Waals surface area contributed by atoms with Crippen molar-refractivity contribution in [2.24, 2.45) is 5.92 Å². The van der Waals surface area contributed by atoms with E-state index in [0.29, 0.717) is 23.1 Å². The number of halogens is 1. The molecule has 0 aromatic heterocycles. The highest BCUT2D eigenvalue weighted by Crippen LogP contribution is 2.34. The molecule has 3 nitrogen and oxygen atoms in total. The first-order chi connectivity index (χ1) is 9.15. The lowest BCUT2D eigenvalue weighted by atomic mass is 9.91. The van der Waals surface area contributed by atoms with Crippen LogP contribution in [0.1, 0.15) is 31.9 Å². The van der Waals surface area contributed by atoms with Gasteiger partial charge in [0.05, 0.1) is 24.8 Å². The number of methoxy groups -OCH3 is 1. The maximum atomic E-state index is 6.23. The Balaban J connectivity index is 2.21. The number of rotatable bonds is 5. The van der Waals surface area contributed by atoms with Crippen LogP contribution in [0.5, 0.6) is 5.75 Å². The van der Waals surface area contributed by atoms with Gasteiger partial charge in [0.1, 0.15) is 5.75 Å². The molecule has 0 bridgehead atoms. The standard InChI is InChI=1S/C15H22ClNO2/c1-4-17-15(12-7-10(2)19-9-12)11-5-6-14(18-3)13(16)8-11/h5-6,8,10,12,15,17H,4,7,9H2,1-3H3. The van der Waals surface area contributed by atoms with Crippen molar-refractivity contribution >= 4 is 11.6 Å². The van der Waals surface area contributed by atoms with Gasteiger partial charge in [-0.15, -0.1) is 0 Å². The van der Waals surface area contributed by atoms with E-state index >= 15 is 0 Å². The number of benzene rings is 1. The lowest BCUT2D eigenvalue weighted by Crippen LogP contribution is -2.28. The Morgan fingerprint density at radius 2 is 2.32 bits per heavy atom. The number of hydrogen-bond donors (Lipinski definition) is 1. The van der Waals surface area contributed by atoms with Gasteiger partial charge >= 0.3 is 0 Å². The molecule has 0 spiro atoms. The van der Waals surface area contributed by atoms with Gasteiger partial charge in [-0.2, -0.15) is 0 Å². The van der Waals surface area contributed by atoms with Gasteiger partial charge in [-0.1, -0.05) is 24.6 Å². The SMILES string of the molecule is CCNC(c1ccc(OC)c(Cl)c1)C1COC(C)C1. The molecule has 2 rings (SSSR count). The summed E-state index contributed by atoms with van der Waals surface area (Å²) in [5, 5.41) is 4.21. The summed E-state index contributed by atoms with van der Waals surface area (Å²) in [4.78, 5) is 0. The van der Waals surface area contributed by atoms with Crippen molar-refractivity contribution in [2.45, 2.75) is 32.4 Å². The molecule has 1 N–H and O–H groups in total. The Labute approximate surface area is 120 Å². The summed E-state index contributed by atoms with van der Waals surface area (Å²) in [5.41, 5.74) is 1.20. The van der Waals surface area contributed by atoms with E-state index in [1.165, 1.54) is 5.56 Å². The second kappa shape index (κ2) is 6.60. The van der Waals surface area contributed by atoms with E-state index in [1.807, 2.05) is 12.1 Å². The van der Waals surface area contributed by atoms with Crippen molar-refractivity contribution in [1.82, 2.24) is 5.32 Å². The Hall–Kier alpha value is -0.770. The van der Waals surface area contributed by atoms with E-state index in [2.05, 4.69) is 25.2 Å². The van der Waals surface area contributed by atoms with Gasteiger partial charge in [-0.05, 0) is 37.6 Å². The maximum Gasteiger partial charge on any atom is 0.137 e. The van der Waals surface area contributed by atoms with E-state index < -0.39 is 0 Å². The van der Waals surface area contributed by atoms with Crippen LogP contribution in [-0.2, 0) is 4.74 Å². The molecule has 1 saturated heterocycles. The first-order valence-corrected chi connectivity index (χ1v) is 7.22. The van der Waals surface area contributed by atoms with Crippen LogP contribution < -0.4 is 10.1 Å². The Kier molecular flexibility index (Phi) is 5.08. The molecule has 1 aromatic rings. The molecular formula is C15H22ClNO2. The normalized spacial score (nSPS) is 24.4. The van der Waals surface area contributed by atoms with Crippen LogP contribution in [0.25, 0.3) is 0 Å². The minimum atomic E-state index is 0.290. The highest BCUT2D eigenvalue weighted by molar-refractivity contribution is 6.32. The van der Waals surface area contributed by atoms with Crippen molar-refractivity contribution in [3.8, 4) is 5.75 Å². The fourth-order valence-corrected chi connectivity index (χ4v) is 3.00. The second-order valence-electron chi connectivity index (χ2n) is 5.07. The van der Waals surface area contributed by atoms with Crippen LogP contribution in [0.2, 0.25) is 5.02 Å². The Bertz CT molecular complexity index is 425. The molecule has 1 aromatic carbocycles. The predicted molar refractivity (Wildman–Crippen MR) is 77.9 cm³/mol. The van der Waals surface area contributed by atoms with Crippen LogP contribution in [0, 0.1) is 5.92 Å². The number of nitrogens with one attached hydrogen (secondary N) is 1. The molecule has 3 atom stereocenters. The van der Waals surface area contributed by atoms with Crippen LogP contribution in [-0.4, -0.2) is 26.4 Å². The van der Waals surface area contributed by atoms with Gasteiger partial charge in [0.2, 0.25) is 0 Å². The molecule has 0 amide bonds. The van der Waals surface area contributed by atoms with Crippen LogP contribution >= 0.6 is 11.6 Å². The zero-order chi connectivity index (χ0) is 13.8. The van der Waals surface area contributed by atoms with E-state index in [-0.39, 0.29) is 0 Å². The first kappa shape index (κ1) is 14.6. The predicted octanol–water partition coefficient (Wildman–Crippen LogP) is 3.42. The fourth-order valence-electron chi connectivity index (χ4n) is 2.74. The lowest BCUT2D eigenvalue weighted by molar-refractivity contribution is 0.117. The van der Waals surface area contributed by atoms with E-state index in [4.69, 9.17) is 21.1 Å². The van der Waals surface area contributed by atoms with Gasteiger partial charge in [0, 0.05) is 12.0 Å². The van der Waals surface area contributed by atoms with E-state index in [0.717, 1.165) is 25.3 Å². The van der Waals surface area contributed by atoms with Crippen molar-refractivity contribution in [2.75, 3.05) is 20.3 Å². The second-order valence-corrected chi connectivity index (χ2v) is 5.48. The summed E-state index contributed by atoms with van der Waals surface area (Å²) >= 11 is 6.23. The minimum absolute atomic E-state index is 0.290. The molecule has 106 valence electrons. The van der Waals surface area contributed by atoms with Crippen LogP contribution in [0.4, 0.5) is 0 Å². The number of ether oxygens (including phenoxy) is 2. The van der Waals surface area contributed by atoms with Gasteiger partial charge < -0.3 is 14.8 Å². The van der Waals surface area contributed by atoms with Gasteiger partial charge in [0.25, 0.3) is 0 Å². The van der Waals surface area contributed by atoms with E-state index in [9.17, 15) is 0 Å².